The van der Waals surface area contributed by atoms with Crippen LogP contribution in [-0.2, 0) is 5.41 Å². The summed E-state index contributed by atoms with van der Waals surface area (Å²) in [5.74, 6) is 0. The van der Waals surface area contributed by atoms with Crippen LogP contribution in [0.1, 0.15) is 22.3 Å². The molecule has 0 aromatic heterocycles. The lowest BCUT2D eigenvalue weighted by atomic mass is 9.67. The Morgan fingerprint density at radius 1 is 0.321 bits per heavy atom. The zero-order valence-electron chi connectivity index (χ0n) is 30.6. The summed E-state index contributed by atoms with van der Waals surface area (Å²) in [5.41, 5.74) is 14.0. The highest BCUT2D eigenvalue weighted by Gasteiger charge is 2.51. The van der Waals surface area contributed by atoms with Crippen LogP contribution in [0.25, 0.3) is 21.9 Å². The van der Waals surface area contributed by atoms with E-state index in [9.17, 15) is 0 Å². The van der Waals surface area contributed by atoms with E-state index >= 15 is 0 Å². The van der Waals surface area contributed by atoms with Crippen molar-refractivity contribution in [1.82, 2.24) is 0 Å². The molecule has 1 unspecified atom stereocenters. The third-order valence-electron chi connectivity index (χ3n) is 11.5. The maximum absolute atomic E-state index is 2.47. The number of hydrogen-bond donors (Lipinski definition) is 0. The first kappa shape index (κ1) is 32.6. The van der Waals surface area contributed by atoms with Gasteiger partial charge in [0, 0.05) is 43.9 Å². The van der Waals surface area contributed by atoms with Crippen LogP contribution in [0.5, 0.6) is 0 Å². The zero-order valence-corrected chi connectivity index (χ0v) is 31.4. The van der Waals surface area contributed by atoms with Crippen molar-refractivity contribution < 1.29 is 0 Å². The Hall–Kier alpha value is -6.81. The van der Waals surface area contributed by atoms with Crippen LogP contribution in [0, 0.1) is 0 Å². The molecule has 9 aromatic carbocycles. The Bertz CT molecular complexity index is 2810. The van der Waals surface area contributed by atoms with Gasteiger partial charge in [-0.1, -0.05) is 151 Å². The number of rotatable bonds is 6. The van der Waals surface area contributed by atoms with Gasteiger partial charge < -0.3 is 9.80 Å². The maximum Gasteiger partial charge on any atom is 0.0736 e. The van der Waals surface area contributed by atoms with Crippen LogP contribution < -0.4 is 9.80 Å². The van der Waals surface area contributed by atoms with Crippen LogP contribution >= 0.6 is 11.8 Å². The fraction of sp³-hybridized carbons (Fsp3) is 0.0189. The maximum atomic E-state index is 2.47. The second kappa shape index (κ2) is 13.2. The zero-order chi connectivity index (χ0) is 37.1. The van der Waals surface area contributed by atoms with Gasteiger partial charge in [0.05, 0.1) is 5.41 Å². The molecular formula is C53H36N2S. The van der Waals surface area contributed by atoms with E-state index in [1.807, 2.05) is 11.8 Å². The van der Waals surface area contributed by atoms with Crippen LogP contribution in [0.3, 0.4) is 0 Å². The second-order valence-corrected chi connectivity index (χ2v) is 15.5. The number of hydrogen-bond acceptors (Lipinski definition) is 3. The number of anilines is 6. The number of para-hydroxylation sites is 4. The van der Waals surface area contributed by atoms with Gasteiger partial charge in [-0.15, -0.1) is 0 Å². The van der Waals surface area contributed by atoms with Gasteiger partial charge in [0.1, 0.15) is 0 Å². The van der Waals surface area contributed by atoms with Crippen molar-refractivity contribution in [3.05, 3.63) is 241 Å². The number of fused-ring (bicyclic) bond motifs is 11. The molecule has 0 radical (unpaired) electrons. The molecule has 0 bridgehead atoms. The minimum Gasteiger partial charge on any atom is -0.310 e. The van der Waals surface area contributed by atoms with Crippen LogP contribution in [0.2, 0.25) is 0 Å². The van der Waals surface area contributed by atoms with Gasteiger partial charge in [-0.2, -0.15) is 0 Å². The van der Waals surface area contributed by atoms with Crippen LogP contribution in [0.15, 0.2) is 228 Å². The molecule has 1 aliphatic carbocycles. The van der Waals surface area contributed by atoms with Crippen molar-refractivity contribution in [3.8, 4) is 11.1 Å². The van der Waals surface area contributed by atoms with E-state index < -0.39 is 5.41 Å². The summed E-state index contributed by atoms with van der Waals surface area (Å²) in [6.07, 6.45) is 0. The summed E-state index contributed by atoms with van der Waals surface area (Å²) in [6.45, 7) is 0. The highest BCUT2D eigenvalue weighted by Crippen LogP contribution is 2.64. The molecule has 3 heteroatoms. The standard InChI is InChI=1S/C53H36N2S/c1-5-18-38(19-6-1)54(39-20-7-2-8-21-39)42-30-33-48-46(35-42)45-27-15-16-28-47(45)53(48)49-32-29-37-17-13-14-26-44(37)52(49)56-51-34-31-43(36-50(51)53)55(40-22-9-3-10-23-40)41-24-11-4-12-25-41/h1-36H. The summed E-state index contributed by atoms with van der Waals surface area (Å²) in [7, 11) is 0. The topological polar surface area (TPSA) is 6.48 Å². The molecule has 2 nitrogen and oxygen atoms in total. The molecule has 1 atom stereocenters. The van der Waals surface area contributed by atoms with E-state index in [0.29, 0.717) is 0 Å². The predicted molar refractivity (Wildman–Crippen MR) is 235 cm³/mol. The van der Waals surface area contributed by atoms with Crippen molar-refractivity contribution in [2.45, 2.75) is 15.2 Å². The Balaban J connectivity index is 1.20. The van der Waals surface area contributed by atoms with Gasteiger partial charge in [-0.05, 0) is 123 Å². The highest BCUT2D eigenvalue weighted by molar-refractivity contribution is 7.99. The van der Waals surface area contributed by atoms with Crippen LogP contribution in [0.4, 0.5) is 34.1 Å². The van der Waals surface area contributed by atoms with Crippen molar-refractivity contribution in [3.63, 3.8) is 0 Å². The van der Waals surface area contributed by atoms with Crippen molar-refractivity contribution >= 4 is 56.7 Å². The largest absolute Gasteiger partial charge is 0.310 e. The summed E-state index contributed by atoms with van der Waals surface area (Å²) in [4.78, 5) is 7.36. The average molecular weight is 733 g/mol. The summed E-state index contributed by atoms with van der Waals surface area (Å²) < 4.78 is 0. The number of nitrogens with zero attached hydrogens (tertiary/aromatic N) is 2. The normalized spacial score (nSPS) is 14.8. The third-order valence-corrected chi connectivity index (χ3v) is 12.7. The number of benzene rings is 9. The Morgan fingerprint density at radius 3 is 1.43 bits per heavy atom. The minimum atomic E-state index is -0.552. The summed E-state index contributed by atoms with van der Waals surface area (Å²) in [5, 5.41) is 2.55. The molecule has 9 aromatic rings. The van der Waals surface area contributed by atoms with E-state index in [4.69, 9.17) is 0 Å². The van der Waals surface area contributed by atoms with Gasteiger partial charge in [-0.25, -0.2) is 0 Å². The van der Waals surface area contributed by atoms with Crippen LogP contribution in [-0.4, -0.2) is 0 Å². The molecule has 11 rings (SSSR count). The molecule has 1 spiro atoms. The third kappa shape index (κ3) is 4.98. The molecule has 0 saturated heterocycles. The average Bonchev–Trinajstić information content (AvgIpc) is 3.55. The predicted octanol–water partition coefficient (Wildman–Crippen LogP) is 14.6. The fourth-order valence-corrected chi connectivity index (χ4v) is 10.4. The molecule has 0 amide bonds. The van der Waals surface area contributed by atoms with E-state index in [1.165, 1.54) is 53.9 Å². The summed E-state index contributed by atoms with van der Waals surface area (Å²) >= 11 is 1.91. The summed E-state index contributed by atoms with van der Waals surface area (Å²) in [6, 6.07) is 79.9. The fourth-order valence-electron chi connectivity index (χ4n) is 9.14. The SMILES string of the molecule is c1ccc(N(c2ccccc2)c2ccc3c(c2)-c2ccccc2C32c3cc(N(c4ccccc4)c4ccccc4)ccc3Sc3c2ccc2ccccc32)cc1. The van der Waals surface area contributed by atoms with Gasteiger partial charge >= 0.3 is 0 Å². The Labute approximate surface area is 332 Å². The molecule has 2 aliphatic rings. The smallest absolute Gasteiger partial charge is 0.0736 e. The van der Waals surface area contributed by atoms with Crippen molar-refractivity contribution in [2.24, 2.45) is 0 Å². The lowest BCUT2D eigenvalue weighted by molar-refractivity contribution is 0.726. The first-order valence-electron chi connectivity index (χ1n) is 19.2. The lowest BCUT2D eigenvalue weighted by Crippen LogP contribution is -2.32. The van der Waals surface area contributed by atoms with Gasteiger partial charge in [0.15, 0.2) is 0 Å². The minimum absolute atomic E-state index is 0.552. The monoisotopic (exact) mass is 732 g/mol. The Morgan fingerprint density at radius 2 is 0.804 bits per heavy atom. The molecular weight excluding hydrogens is 697 g/mol. The van der Waals surface area contributed by atoms with E-state index in [-0.39, 0.29) is 0 Å². The van der Waals surface area contributed by atoms with E-state index in [1.54, 1.807) is 0 Å². The van der Waals surface area contributed by atoms with Gasteiger partial charge in [0.2, 0.25) is 0 Å². The van der Waals surface area contributed by atoms with Crippen molar-refractivity contribution in [1.29, 1.82) is 0 Å². The lowest BCUT2D eigenvalue weighted by Gasteiger charge is -2.41. The molecule has 1 aliphatic heterocycles. The van der Waals surface area contributed by atoms with Gasteiger partial charge in [0.25, 0.3) is 0 Å². The highest BCUT2D eigenvalue weighted by atomic mass is 32.2. The van der Waals surface area contributed by atoms with Crippen molar-refractivity contribution in [2.75, 3.05) is 9.80 Å². The van der Waals surface area contributed by atoms with E-state index in [2.05, 4.69) is 228 Å². The molecule has 56 heavy (non-hydrogen) atoms. The van der Waals surface area contributed by atoms with E-state index in [0.717, 1.165) is 34.1 Å². The first-order chi connectivity index (χ1) is 27.8. The van der Waals surface area contributed by atoms with Gasteiger partial charge in [-0.3, -0.25) is 0 Å². The molecule has 0 N–H and O–H groups in total. The first-order valence-corrected chi connectivity index (χ1v) is 20.0. The molecule has 1 heterocycles. The second-order valence-electron chi connectivity index (χ2n) is 14.5. The molecule has 0 fully saturated rings. The quantitative estimate of drug-likeness (QED) is 0.168. The Kier molecular flexibility index (Phi) is 7.68. The molecule has 0 saturated carbocycles. The molecule has 264 valence electrons.